The number of hydrogen-bond acceptors (Lipinski definition) is 4. The van der Waals surface area contributed by atoms with E-state index in [2.05, 4.69) is 31.4 Å². The number of nitrogens with zero attached hydrogens (tertiary/aromatic N) is 2. The third-order valence-electron chi connectivity index (χ3n) is 4.13. The number of hydrogen-bond donors (Lipinski definition) is 1. The van der Waals surface area contributed by atoms with Crippen LogP contribution < -0.4 is 5.32 Å². The van der Waals surface area contributed by atoms with Crippen LogP contribution in [0.2, 0.25) is 5.15 Å². The van der Waals surface area contributed by atoms with Crippen molar-refractivity contribution in [1.29, 1.82) is 0 Å². The molecule has 0 unspecified atom stereocenters. The monoisotopic (exact) mass is 441 g/mol. The highest BCUT2D eigenvalue weighted by Gasteiger charge is 2.20. The van der Waals surface area contributed by atoms with Gasteiger partial charge in [-0.1, -0.05) is 63.0 Å². The molecule has 0 aliphatic heterocycles. The zero-order valence-corrected chi connectivity index (χ0v) is 16.5. The van der Waals surface area contributed by atoms with Gasteiger partial charge in [0.15, 0.2) is 5.76 Å². The van der Waals surface area contributed by atoms with Crippen molar-refractivity contribution in [3.63, 3.8) is 0 Å². The van der Waals surface area contributed by atoms with E-state index in [4.69, 9.17) is 16.1 Å². The molecule has 0 saturated heterocycles. The third kappa shape index (κ3) is 3.46. The van der Waals surface area contributed by atoms with Gasteiger partial charge in [0.1, 0.15) is 16.5 Å². The van der Waals surface area contributed by atoms with Crippen LogP contribution in [0.25, 0.3) is 22.2 Å². The highest BCUT2D eigenvalue weighted by Crippen LogP contribution is 2.31. The lowest BCUT2D eigenvalue weighted by atomic mass is 10.1. The minimum Gasteiger partial charge on any atom is -0.359 e. The molecule has 2 aromatic heterocycles. The first kappa shape index (κ1) is 17.7. The molecule has 0 atom stereocenters. The molecule has 0 fully saturated rings. The molecule has 2 aromatic carbocycles. The average molecular weight is 443 g/mol. The Bertz CT molecular complexity index is 1160. The maximum atomic E-state index is 13.0. The smallest absolute Gasteiger partial charge is 0.256 e. The molecule has 0 saturated carbocycles. The van der Waals surface area contributed by atoms with Crippen LogP contribution >= 0.6 is 27.5 Å². The Morgan fingerprint density at radius 1 is 1.15 bits per heavy atom. The average Bonchev–Trinajstić information content (AvgIpc) is 3.02. The standard InChI is InChI=1S/C20H13BrClN3O2/c1-11-18(19(25-27-11)12-5-3-2-4-6-12)24-20(26)15-10-17(22)23-16-8-7-13(21)9-14(15)16/h2-10H,1H3,(H,24,26). The van der Waals surface area contributed by atoms with Crippen molar-refractivity contribution in [2.24, 2.45) is 0 Å². The number of carbonyl (C=O) groups excluding carboxylic acids is 1. The number of carbonyl (C=O) groups is 1. The van der Waals surface area contributed by atoms with E-state index in [-0.39, 0.29) is 11.1 Å². The van der Waals surface area contributed by atoms with Crippen LogP contribution in [0.15, 0.2) is 63.6 Å². The van der Waals surface area contributed by atoms with Gasteiger partial charge in [-0.2, -0.15) is 0 Å². The van der Waals surface area contributed by atoms with Gasteiger partial charge in [-0.3, -0.25) is 4.79 Å². The summed E-state index contributed by atoms with van der Waals surface area (Å²) in [5, 5.41) is 7.95. The maximum absolute atomic E-state index is 13.0. The lowest BCUT2D eigenvalue weighted by molar-refractivity contribution is 0.102. The van der Waals surface area contributed by atoms with Gasteiger partial charge < -0.3 is 9.84 Å². The van der Waals surface area contributed by atoms with Crippen LogP contribution in [0.1, 0.15) is 16.1 Å². The Kier molecular flexibility index (Phi) is 4.68. The number of nitrogens with one attached hydrogen (secondary N) is 1. The van der Waals surface area contributed by atoms with Crippen LogP contribution in [0.5, 0.6) is 0 Å². The van der Waals surface area contributed by atoms with Gasteiger partial charge in [-0.05, 0) is 31.2 Å². The first-order valence-corrected chi connectivity index (χ1v) is 9.29. The first-order valence-electron chi connectivity index (χ1n) is 8.12. The fourth-order valence-corrected chi connectivity index (χ4v) is 3.41. The fourth-order valence-electron chi connectivity index (χ4n) is 2.85. The Labute approximate surface area is 168 Å². The minimum absolute atomic E-state index is 0.250. The molecule has 4 aromatic rings. The second-order valence-electron chi connectivity index (χ2n) is 5.94. The zero-order chi connectivity index (χ0) is 19.0. The van der Waals surface area contributed by atoms with Gasteiger partial charge in [0.2, 0.25) is 0 Å². The second kappa shape index (κ2) is 7.13. The summed E-state index contributed by atoms with van der Waals surface area (Å²) in [7, 11) is 0. The summed E-state index contributed by atoms with van der Waals surface area (Å²) in [6, 6.07) is 16.6. The Morgan fingerprint density at radius 3 is 2.70 bits per heavy atom. The number of aromatic nitrogens is 2. The molecule has 7 heteroatoms. The van der Waals surface area contributed by atoms with Gasteiger partial charge in [0, 0.05) is 15.4 Å². The van der Waals surface area contributed by atoms with Gasteiger partial charge in [-0.25, -0.2) is 4.98 Å². The second-order valence-corrected chi connectivity index (χ2v) is 7.24. The van der Waals surface area contributed by atoms with E-state index in [1.54, 1.807) is 13.0 Å². The summed E-state index contributed by atoms with van der Waals surface area (Å²) in [4.78, 5) is 17.3. The molecule has 2 heterocycles. The van der Waals surface area contributed by atoms with Gasteiger partial charge in [0.05, 0.1) is 11.1 Å². The number of pyridine rings is 1. The molecule has 5 nitrogen and oxygen atoms in total. The van der Waals surface area contributed by atoms with E-state index in [1.165, 1.54) is 0 Å². The van der Waals surface area contributed by atoms with Crippen LogP contribution in [-0.2, 0) is 0 Å². The minimum atomic E-state index is -0.314. The summed E-state index contributed by atoms with van der Waals surface area (Å²) in [5.74, 6) is 0.207. The van der Waals surface area contributed by atoms with E-state index in [0.717, 1.165) is 10.0 Å². The third-order valence-corrected chi connectivity index (χ3v) is 4.82. The topological polar surface area (TPSA) is 68.0 Å². The van der Waals surface area contributed by atoms with E-state index in [1.807, 2.05) is 48.5 Å². The van der Waals surface area contributed by atoms with Crippen LogP contribution in [0.3, 0.4) is 0 Å². The predicted octanol–water partition coefficient (Wildman–Crippen LogP) is 5.87. The number of anilines is 1. The molecule has 134 valence electrons. The first-order chi connectivity index (χ1) is 13.0. The Morgan fingerprint density at radius 2 is 1.93 bits per heavy atom. The van der Waals surface area contributed by atoms with E-state index in [0.29, 0.717) is 33.6 Å². The van der Waals surface area contributed by atoms with Crippen molar-refractivity contribution in [3.05, 3.63) is 75.5 Å². The zero-order valence-electron chi connectivity index (χ0n) is 14.2. The molecule has 4 rings (SSSR count). The molecule has 27 heavy (non-hydrogen) atoms. The number of benzene rings is 2. The number of halogens is 2. The van der Waals surface area contributed by atoms with Crippen LogP contribution in [-0.4, -0.2) is 16.0 Å². The van der Waals surface area contributed by atoms with Crippen LogP contribution in [0.4, 0.5) is 5.69 Å². The number of fused-ring (bicyclic) bond motifs is 1. The van der Waals surface area contributed by atoms with Crippen molar-refractivity contribution in [1.82, 2.24) is 10.1 Å². The molecule has 0 radical (unpaired) electrons. The molecular weight excluding hydrogens is 430 g/mol. The van der Waals surface area contributed by atoms with Gasteiger partial charge in [-0.15, -0.1) is 0 Å². The Hall–Kier alpha value is -2.70. The lowest BCUT2D eigenvalue weighted by Crippen LogP contribution is -2.13. The summed E-state index contributed by atoms with van der Waals surface area (Å²) in [5.41, 5.74) is 3.02. The molecule has 0 spiro atoms. The van der Waals surface area contributed by atoms with Gasteiger partial charge in [0.25, 0.3) is 5.91 Å². The quantitative estimate of drug-likeness (QED) is 0.403. The molecule has 0 aliphatic carbocycles. The summed E-state index contributed by atoms with van der Waals surface area (Å²) >= 11 is 9.55. The fraction of sp³-hybridized carbons (Fsp3) is 0.0500. The normalized spacial score (nSPS) is 10.9. The lowest BCUT2D eigenvalue weighted by Gasteiger charge is -2.09. The highest BCUT2D eigenvalue weighted by atomic mass is 79.9. The van der Waals surface area contributed by atoms with Gasteiger partial charge >= 0.3 is 0 Å². The maximum Gasteiger partial charge on any atom is 0.256 e. The van der Waals surface area contributed by atoms with E-state index >= 15 is 0 Å². The predicted molar refractivity (Wildman–Crippen MR) is 109 cm³/mol. The van der Waals surface area contributed by atoms with Crippen molar-refractivity contribution >= 4 is 50.0 Å². The highest BCUT2D eigenvalue weighted by molar-refractivity contribution is 9.10. The summed E-state index contributed by atoms with van der Waals surface area (Å²) < 4.78 is 6.15. The SMILES string of the molecule is Cc1onc(-c2ccccc2)c1NC(=O)c1cc(Cl)nc2ccc(Br)cc12. The summed E-state index contributed by atoms with van der Waals surface area (Å²) in [6.45, 7) is 1.75. The van der Waals surface area contributed by atoms with Crippen molar-refractivity contribution in [2.45, 2.75) is 6.92 Å². The van der Waals surface area contributed by atoms with Crippen molar-refractivity contribution in [2.75, 3.05) is 5.32 Å². The Balaban J connectivity index is 1.77. The molecule has 1 N–H and O–H groups in total. The van der Waals surface area contributed by atoms with E-state index < -0.39 is 0 Å². The molecular formula is C20H13BrClN3O2. The number of amides is 1. The number of aryl methyl sites for hydroxylation is 1. The van der Waals surface area contributed by atoms with Crippen molar-refractivity contribution < 1.29 is 9.32 Å². The van der Waals surface area contributed by atoms with E-state index in [9.17, 15) is 4.79 Å². The van der Waals surface area contributed by atoms with Crippen LogP contribution in [0, 0.1) is 6.92 Å². The molecule has 0 aliphatic rings. The number of rotatable bonds is 3. The molecule has 0 bridgehead atoms. The summed E-state index contributed by atoms with van der Waals surface area (Å²) in [6.07, 6.45) is 0. The molecule has 1 amide bonds. The largest absolute Gasteiger partial charge is 0.359 e. The van der Waals surface area contributed by atoms with Crippen molar-refractivity contribution in [3.8, 4) is 11.3 Å².